The molecule has 0 bridgehead atoms. The molecule has 0 amide bonds. The molecule has 1 rings (SSSR count). The van der Waals surface area contributed by atoms with Crippen LogP contribution in [-0.4, -0.2) is 19.5 Å². The van der Waals surface area contributed by atoms with Gasteiger partial charge in [-0.1, -0.05) is 30.4 Å². The van der Waals surface area contributed by atoms with Crippen molar-refractivity contribution in [1.29, 1.82) is 0 Å². The average Bonchev–Trinajstić information content (AvgIpc) is 2.34. The van der Waals surface area contributed by atoms with E-state index in [1.807, 2.05) is 30.4 Å². The maximum Gasteiger partial charge on any atom is 0.123 e. The minimum Gasteiger partial charge on any atom is -0.496 e. The van der Waals surface area contributed by atoms with Crippen LogP contribution >= 0.6 is 11.6 Å². The molecule has 0 aliphatic rings. The number of ether oxygens (including phenoxy) is 1. The molecule has 0 saturated carbocycles. The number of allylic oxidation sites excluding steroid dienone is 1. The Bertz CT molecular complexity index is 338. The predicted molar refractivity (Wildman–Crippen MR) is 69.3 cm³/mol. The Labute approximate surface area is 102 Å². The van der Waals surface area contributed by atoms with Crippen LogP contribution in [0.1, 0.15) is 18.5 Å². The van der Waals surface area contributed by atoms with Gasteiger partial charge in [0.15, 0.2) is 0 Å². The molecule has 1 aromatic rings. The second-order valence-corrected chi connectivity index (χ2v) is 3.81. The first-order chi connectivity index (χ1) is 7.79. The highest BCUT2D eigenvalue weighted by molar-refractivity contribution is 6.18. The molecule has 0 radical (unpaired) electrons. The summed E-state index contributed by atoms with van der Waals surface area (Å²) >= 11 is 5.55. The molecule has 0 aliphatic carbocycles. The van der Waals surface area contributed by atoms with Gasteiger partial charge in [-0.15, -0.1) is 11.6 Å². The van der Waals surface area contributed by atoms with Gasteiger partial charge in [-0.25, -0.2) is 0 Å². The molecule has 0 spiro atoms. The molecule has 0 unspecified atom stereocenters. The normalized spacial score (nSPS) is 12.9. The first-order valence-corrected chi connectivity index (χ1v) is 5.90. The Morgan fingerprint density at radius 3 is 2.81 bits per heavy atom. The van der Waals surface area contributed by atoms with Crippen molar-refractivity contribution in [3.8, 4) is 5.75 Å². The van der Waals surface area contributed by atoms with Crippen molar-refractivity contribution >= 4 is 11.6 Å². The lowest BCUT2D eigenvalue weighted by Crippen LogP contribution is -2.19. The van der Waals surface area contributed by atoms with Crippen molar-refractivity contribution in [2.45, 2.75) is 13.0 Å². The van der Waals surface area contributed by atoms with Crippen molar-refractivity contribution in [3.05, 3.63) is 42.0 Å². The third-order valence-electron chi connectivity index (χ3n) is 2.40. The van der Waals surface area contributed by atoms with E-state index in [1.54, 1.807) is 7.11 Å². The number of alkyl halides is 1. The Hall–Kier alpha value is -0.990. The summed E-state index contributed by atoms with van der Waals surface area (Å²) in [5, 5.41) is 3.38. The fraction of sp³-hybridized carbons (Fsp3) is 0.385. The van der Waals surface area contributed by atoms with Gasteiger partial charge in [0.05, 0.1) is 7.11 Å². The molecule has 1 aromatic carbocycles. The van der Waals surface area contributed by atoms with E-state index in [-0.39, 0.29) is 6.04 Å². The molecule has 16 heavy (non-hydrogen) atoms. The molecule has 0 heterocycles. The van der Waals surface area contributed by atoms with Gasteiger partial charge < -0.3 is 10.1 Å². The summed E-state index contributed by atoms with van der Waals surface area (Å²) in [7, 11) is 1.69. The summed E-state index contributed by atoms with van der Waals surface area (Å²) in [5.74, 6) is 1.48. The number of hydrogen-bond acceptors (Lipinski definition) is 2. The third-order valence-corrected chi connectivity index (χ3v) is 2.58. The summed E-state index contributed by atoms with van der Waals surface area (Å²) in [6.07, 6.45) is 3.96. The standard InChI is InChI=1S/C13H18ClNO/c1-11(15-10-6-5-9-14)12-7-3-4-8-13(12)16-2/h3-8,11,15H,9-10H2,1-2H3/b6-5+/t11-/m1/s1. The minimum absolute atomic E-state index is 0.260. The summed E-state index contributed by atoms with van der Waals surface area (Å²) in [6.45, 7) is 2.93. The van der Waals surface area contributed by atoms with Gasteiger partial charge in [-0.3, -0.25) is 0 Å². The van der Waals surface area contributed by atoms with E-state index in [2.05, 4.69) is 18.3 Å². The number of nitrogens with one attached hydrogen (secondary N) is 1. The zero-order valence-corrected chi connectivity index (χ0v) is 10.5. The Kier molecular flexibility index (Phi) is 5.98. The van der Waals surface area contributed by atoms with E-state index in [0.29, 0.717) is 5.88 Å². The quantitative estimate of drug-likeness (QED) is 0.608. The molecule has 1 atom stereocenters. The number of rotatable bonds is 6. The van der Waals surface area contributed by atoms with Crippen LogP contribution in [-0.2, 0) is 0 Å². The SMILES string of the molecule is COc1ccccc1[C@@H](C)NC/C=C/CCl. The van der Waals surface area contributed by atoms with Crippen LogP contribution in [0.3, 0.4) is 0 Å². The van der Waals surface area contributed by atoms with Crippen LogP contribution < -0.4 is 10.1 Å². The molecular weight excluding hydrogens is 222 g/mol. The molecule has 0 aliphatic heterocycles. The Balaban J connectivity index is 2.58. The highest BCUT2D eigenvalue weighted by Crippen LogP contribution is 2.23. The molecule has 3 heteroatoms. The lowest BCUT2D eigenvalue weighted by atomic mass is 10.1. The van der Waals surface area contributed by atoms with Crippen LogP contribution in [0.25, 0.3) is 0 Å². The number of halogens is 1. The zero-order valence-electron chi connectivity index (χ0n) is 9.74. The van der Waals surface area contributed by atoms with Crippen LogP contribution in [0, 0.1) is 0 Å². The minimum atomic E-state index is 0.260. The summed E-state index contributed by atoms with van der Waals surface area (Å²) < 4.78 is 5.31. The van der Waals surface area contributed by atoms with Crippen LogP contribution in [0.2, 0.25) is 0 Å². The molecule has 2 nitrogen and oxygen atoms in total. The highest BCUT2D eigenvalue weighted by atomic mass is 35.5. The van der Waals surface area contributed by atoms with E-state index in [1.165, 1.54) is 5.56 Å². The largest absolute Gasteiger partial charge is 0.496 e. The second kappa shape index (κ2) is 7.31. The van der Waals surface area contributed by atoms with E-state index in [9.17, 15) is 0 Å². The number of para-hydroxylation sites is 1. The maximum absolute atomic E-state index is 5.55. The van der Waals surface area contributed by atoms with Crippen LogP contribution in [0.4, 0.5) is 0 Å². The van der Waals surface area contributed by atoms with Crippen molar-refractivity contribution in [2.75, 3.05) is 19.5 Å². The Morgan fingerprint density at radius 2 is 2.12 bits per heavy atom. The van der Waals surface area contributed by atoms with Crippen LogP contribution in [0.5, 0.6) is 5.75 Å². The molecule has 0 aromatic heterocycles. The first-order valence-electron chi connectivity index (χ1n) is 5.37. The van der Waals surface area contributed by atoms with Gasteiger partial charge in [0, 0.05) is 24.0 Å². The van der Waals surface area contributed by atoms with Gasteiger partial charge >= 0.3 is 0 Å². The maximum atomic E-state index is 5.55. The number of methoxy groups -OCH3 is 1. The van der Waals surface area contributed by atoms with E-state index >= 15 is 0 Å². The lowest BCUT2D eigenvalue weighted by Gasteiger charge is -2.16. The molecular formula is C13H18ClNO. The summed E-state index contributed by atoms with van der Waals surface area (Å²) in [5.41, 5.74) is 1.17. The second-order valence-electron chi connectivity index (χ2n) is 3.50. The van der Waals surface area contributed by atoms with Gasteiger partial charge in [0.25, 0.3) is 0 Å². The third kappa shape index (κ3) is 3.87. The molecule has 0 fully saturated rings. The van der Waals surface area contributed by atoms with E-state index in [4.69, 9.17) is 16.3 Å². The van der Waals surface area contributed by atoms with Crippen molar-refractivity contribution in [1.82, 2.24) is 5.32 Å². The van der Waals surface area contributed by atoms with E-state index < -0.39 is 0 Å². The first kappa shape index (κ1) is 13.1. The molecule has 1 N–H and O–H groups in total. The summed E-state index contributed by atoms with van der Waals surface area (Å²) in [4.78, 5) is 0. The van der Waals surface area contributed by atoms with Crippen LogP contribution in [0.15, 0.2) is 36.4 Å². The fourth-order valence-electron chi connectivity index (χ4n) is 1.53. The molecule has 0 saturated heterocycles. The summed E-state index contributed by atoms with van der Waals surface area (Å²) in [6, 6.07) is 8.30. The number of hydrogen-bond donors (Lipinski definition) is 1. The topological polar surface area (TPSA) is 21.3 Å². The van der Waals surface area contributed by atoms with Gasteiger partial charge in [-0.05, 0) is 13.0 Å². The van der Waals surface area contributed by atoms with Gasteiger partial charge in [0.1, 0.15) is 5.75 Å². The van der Waals surface area contributed by atoms with Crippen molar-refractivity contribution in [3.63, 3.8) is 0 Å². The monoisotopic (exact) mass is 239 g/mol. The van der Waals surface area contributed by atoms with E-state index in [0.717, 1.165) is 12.3 Å². The highest BCUT2D eigenvalue weighted by Gasteiger charge is 2.08. The smallest absolute Gasteiger partial charge is 0.123 e. The Morgan fingerprint density at radius 1 is 1.38 bits per heavy atom. The fourth-order valence-corrected chi connectivity index (χ4v) is 1.65. The van der Waals surface area contributed by atoms with Crippen molar-refractivity contribution in [2.24, 2.45) is 0 Å². The van der Waals surface area contributed by atoms with Crippen molar-refractivity contribution < 1.29 is 4.74 Å². The predicted octanol–water partition coefficient (Wildman–Crippen LogP) is 3.14. The zero-order chi connectivity index (χ0) is 11.8. The number of benzene rings is 1. The van der Waals surface area contributed by atoms with Gasteiger partial charge in [0.2, 0.25) is 0 Å². The average molecular weight is 240 g/mol. The van der Waals surface area contributed by atoms with Gasteiger partial charge in [-0.2, -0.15) is 0 Å². The lowest BCUT2D eigenvalue weighted by molar-refractivity contribution is 0.403. The molecule has 88 valence electrons.